The highest BCUT2D eigenvalue weighted by atomic mass is 16.5. The van der Waals surface area contributed by atoms with Crippen molar-refractivity contribution >= 4 is 11.9 Å². The normalized spacial score (nSPS) is 12.8. The lowest BCUT2D eigenvalue weighted by atomic mass is 10.0. The Morgan fingerprint density at radius 1 is 0.403 bits per heavy atom. The molecule has 0 rings (SSSR count). The number of allylic oxidation sites excluding steroid dienone is 5. The molecular formula is C61H115NO5. The number of esters is 1. The van der Waals surface area contributed by atoms with E-state index >= 15 is 0 Å². The zero-order valence-electron chi connectivity index (χ0n) is 44.9. The fraction of sp³-hybridized carbons (Fsp3) is 0.869. The molecule has 0 aliphatic carbocycles. The molecule has 0 heterocycles. The van der Waals surface area contributed by atoms with Crippen molar-refractivity contribution in [1.29, 1.82) is 0 Å². The number of carbonyl (C=O) groups is 2. The van der Waals surface area contributed by atoms with E-state index in [1.165, 1.54) is 238 Å². The molecule has 394 valence electrons. The van der Waals surface area contributed by atoms with E-state index in [0.29, 0.717) is 19.4 Å². The number of hydrogen-bond acceptors (Lipinski definition) is 5. The second kappa shape index (κ2) is 56.7. The largest absolute Gasteiger partial charge is 0.466 e. The van der Waals surface area contributed by atoms with Crippen LogP contribution in [0.1, 0.15) is 316 Å². The van der Waals surface area contributed by atoms with Crippen LogP contribution in [0.3, 0.4) is 0 Å². The summed E-state index contributed by atoms with van der Waals surface area (Å²) >= 11 is 0. The Kier molecular flexibility index (Phi) is 55.0. The maximum Gasteiger partial charge on any atom is 0.305 e. The summed E-state index contributed by atoms with van der Waals surface area (Å²) in [7, 11) is 0. The van der Waals surface area contributed by atoms with Crippen molar-refractivity contribution in [1.82, 2.24) is 5.32 Å². The van der Waals surface area contributed by atoms with Crippen molar-refractivity contribution in [2.24, 2.45) is 0 Å². The van der Waals surface area contributed by atoms with Crippen molar-refractivity contribution in [2.45, 2.75) is 328 Å². The fourth-order valence-corrected chi connectivity index (χ4v) is 9.03. The van der Waals surface area contributed by atoms with Gasteiger partial charge in [-0.15, -0.1) is 0 Å². The Morgan fingerprint density at radius 3 is 1.06 bits per heavy atom. The topological polar surface area (TPSA) is 95.9 Å². The minimum Gasteiger partial charge on any atom is -0.466 e. The SMILES string of the molecule is CCCCCCC/C=C\CCCCCCCC(=O)OCCCCCCCCCCC/C=C\CCCCCCCCCC(=O)NC(CO)C(O)/C=C/CCCCCCCCCCCCCCCC. The molecule has 0 bridgehead atoms. The Hall–Kier alpha value is -1.92. The zero-order valence-corrected chi connectivity index (χ0v) is 44.9. The third kappa shape index (κ3) is 53.3. The fourth-order valence-electron chi connectivity index (χ4n) is 9.03. The molecule has 0 saturated heterocycles. The molecule has 0 saturated carbocycles. The molecule has 6 heteroatoms. The van der Waals surface area contributed by atoms with Crippen LogP contribution < -0.4 is 5.32 Å². The van der Waals surface area contributed by atoms with Crippen molar-refractivity contribution in [3.8, 4) is 0 Å². The molecule has 0 radical (unpaired) electrons. The van der Waals surface area contributed by atoms with Crippen LogP contribution in [0.2, 0.25) is 0 Å². The number of carbonyl (C=O) groups excluding carboxylic acids is 2. The number of aliphatic hydroxyl groups is 2. The number of unbranched alkanes of at least 4 members (excludes halogenated alkanes) is 40. The minimum atomic E-state index is -0.850. The van der Waals surface area contributed by atoms with Crippen LogP contribution in [0.5, 0.6) is 0 Å². The van der Waals surface area contributed by atoms with E-state index in [2.05, 4.69) is 43.5 Å². The van der Waals surface area contributed by atoms with Gasteiger partial charge in [0.1, 0.15) is 0 Å². The van der Waals surface area contributed by atoms with Gasteiger partial charge in [-0.1, -0.05) is 256 Å². The first kappa shape index (κ1) is 65.1. The summed E-state index contributed by atoms with van der Waals surface area (Å²) in [5.41, 5.74) is 0. The molecule has 0 fully saturated rings. The molecule has 2 unspecified atom stereocenters. The summed E-state index contributed by atoms with van der Waals surface area (Å²) in [6.07, 6.45) is 70.2. The molecule has 0 aromatic carbocycles. The zero-order chi connectivity index (χ0) is 48.6. The van der Waals surface area contributed by atoms with Crippen molar-refractivity contribution in [2.75, 3.05) is 13.2 Å². The van der Waals surface area contributed by atoms with Gasteiger partial charge < -0.3 is 20.3 Å². The average Bonchev–Trinajstić information content (AvgIpc) is 3.33. The van der Waals surface area contributed by atoms with Crippen molar-refractivity contribution in [3.63, 3.8) is 0 Å². The van der Waals surface area contributed by atoms with E-state index in [-0.39, 0.29) is 18.5 Å². The van der Waals surface area contributed by atoms with Crippen LogP contribution in [-0.4, -0.2) is 47.4 Å². The lowest BCUT2D eigenvalue weighted by Crippen LogP contribution is -2.45. The summed E-state index contributed by atoms with van der Waals surface area (Å²) in [4.78, 5) is 24.5. The summed E-state index contributed by atoms with van der Waals surface area (Å²) in [6.45, 7) is 4.89. The highest BCUT2D eigenvalue weighted by Gasteiger charge is 2.18. The Balaban J connectivity index is 3.46. The van der Waals surface area contributed by atoms with Crippen LogP contribution in [-0.2, 0) is 14.3 Å². The van der Waals surface area contributed by atoms with Gasteiger partial charge in [-0.3, -0.25) is 9.59 Å². The number of hydrogen-bond donors (Lipinski definition) is 3. The van der Waals surface area contributed by atoms with Crippen LogP contribution in [0, 0.1) is 0 Å². The van der Waals surface area contributed by atoms with Gasteiger partial charge in [-0.05, 0) is 83.5 Å². The number of nitrogens with one attached hydrogen (secondary N) is 1. The van der Waals surface area contributed by atoms with Gasteiger partial charge in [0.15, 0.2) is 0 Å². The Morgan fingerprint density at radius 2 is 0.701 bits per heavy atom. The van der Waals surface area contributed by atoms with Gasteiger partial charge in [0.05, 0.1) is 25.4 Å². The first-order chi connectivity index (χ1) is 33.0. The van der Waals surface area contributed by atoms with Crippen molar-refractivity contribution in [3.05, 3.63) is 36.5 Å². The second-order valence-electron chi connectivity index (χ2n) is 20.3. The van der Waals surface area contributed by atoms with Gasteiger partial charge in [-0.25, -0.2) is 0 Å². The number of amides is 1. The molecule has 1 amide bonds. The van der Waals surface area contributed by atoms with Gasteiger partial charge in [-0.2, -0.15) is 0 Å². The summed E-state index contributed by atoms with van der Waals surface area (Å²) in [6, 6.07) is -0.634. The predicted octanol–water partition coefficient (Wildman–Crippen LogP) is 18.4. The Bertz CT molecular complexity index is 1090. The number of aliphatic hydroxyl groups excluding tert-OH is 2. The molecule has 0 aromatic rings. The summed E-state index contributed by atoms with van der Waals surface area (Å²) in [5.74, 6) is -0.0789. The van der Waals surface area contributed by atoms with Crippen LogP contribution >= 0.6 is 0 Å². The molecule has 0 aliphatic heterocycles. The molecule has 2 atom stereocenters. The van der Waals surface area contributed by atoms with E-state index in [1.54, 1.807) is 6.08 Å². The lowest BCUT2D eigenvalue weighted by molar-refractivity contribution is -0.143. The Labute approximate surface area is 417 Å². The van der Waals surface area contributed by atoms with Gasteiger partial charge in [0.2, 0.25) is 5.91 Å². The smallest absolute Gasteiger partial charge is 0.305 e. The number of ether oxygens (including phenoxy) is 1. The maximum atomic E-state index is 12.5. The first-order valence-corrected chi connectivity index (χ1v) is 29.8. The van der Waals surface area contributed by atoms with E-state index in [4.69, 9.17) is 4.74 Å². The molecule has 0 spiro atoms. The molecule has 3 N–H and O–H groups in total. The van der Waals surface area contributed by atoms with E-state index in [9.17, 15) is 19.8 Å². The van der Waals surface area contributed by atoms with Crippen molar-refractivity contribution < 1.29 is 24.5 Å². The summed E-state index contributed by atoms with van der Waals surface area (Å²) in [5, 5.41) is 23.1. The van der Waals surface area contributed by atoms with Crippen LogP contribution in [0.15, 0.2) is 36.5 Å². The monoisotopic (exact) mass is 942 g/mol. The maximum absolute atomic E-state index is 12.5. The standard InChI is InChI=1S/C61H115NO5/c1-3-5-7-9-11-13-15-17-19-26-29-33-37-41-45-49-53-59(64)58(57-63)62-60(65)54-50-46-42-38-34-30-27-24-22-20-21-23-25-28-32-36-40-44-48-52-56-67-61(66)55-51-47-43-39-35-31-18-16-14-12-10-8-6-4-2/h16,18,20,22,49,53,58-59,63-64H,3-15,17,19,21,23-48,50-52,54-57H2,1-2H3,(H,62,65)/b18-16-,22-20-,53-49+. The van der Waals surface area contributed by atoms with Crippen LogP contribution in [0.4, 0.5) is 0 Å². The highest BCUT2D eigenvalue weighted by molar-refractivity contribution is 5.76. The first-order valence-electron chi connectivity index (χ1n) is 29.8. The molecule has 0 aromatic heterocycles. The molecule has 67 heavy (non-hydrogen) atoms. The van der Waals surface area contributed by atoms with E-state index < -0.39 is 12.1 Å². The van der Waals surface area contributed by atoms with Gasteiger partial charge in [0, 0.05) is 12.8 Å². The third-order valence-corrected chi connectivity index (χ3v) is 13.6. The minimum absolute atomic E-state index is 0.00314. The highest BCUT2D eigenvalue weighted by Crippen LogP contribution is 2.16. The van der Waals surface area contributed by atoms with E-state index in [1.807, 2.05) is 6.08 Å². The average molecular weight is 943 g/mol. The molecule has 0 aliphatic rings. The molecular weight excluding hydrogens is 827 g/mol. The lowest BCUT2D eigenvalue weighted by Gasteiger charge is -2.20. The number of rotatable bonds is 55. The van der Waals surface area contributed by atoms with Crippen LogP contribution in [0.25, 0.3) is 0 Å². The predicted molar refractivity (Wildman–Crippen MR) is 292 cm³/mol. The second-order valence-corrected chi connectivity index (χ2v) is 20.3. The quantitative estimate of drug-likeness (QED) is 0.0321. The third-order valence-electron chi connectivity index (χ3n) is 13.6. The summed E-state index contributed by atoms with van der Waals surface area (Å²) < 4.78 is 5.47. The van der Waals surface area contributed by atoms with Gasteiger partial charge in [0.25, 0.3) is 0 Å². The van der Waals surface area contributed by atoms with Gasteiger partial charge >= 0.3 is 5.97 Å². The van der Waals surface area contributed by atoms with E-state index in [0.717, 1.165) is 51.4 Å². The molecule has 6 nitrogen and oxygen atoms in total.